The largest absolute Gasteiger partial charge is 0.494 e. The minimum atomic E-state index is -0.359. The lowest BCUT2D eigenvalue weighted by Gasteiger charge is -2.07. The number of aromatic amines is 1. The fourth-order valence-electron chi connectivity index (χ4n) is 2.33. The molecule has 128 valence electrons. The van der Waals surface area contributed by atoms with Crippen LogP contribution in [0.5, 0.6) is 5.75 Å². The number of carbonyl (C=O) groups excluding carboxylic acids is 1. The monoisotopic (exact) mass is 340 g/mol. The highest BCUT2D eigenvalue weighted by Gasteiger charge is 2.17. The molecular formula is C18H17FN4O2. The van der Waals surface area contributed by atoms with Gasteiger partial charge >= 0.3 is 0 Å². The van der Waals surface area contributed by atoms with Crippen LogP contribution in [0, 0.1) is 5.82 Å². The average molecular weight is 340 g/mol. The van der Waals surface area contributed by atoms with Gasteiger partial charge in [-0.15, -0.1) is 0 Å². The number of aromatic nitrogens is 3. The van der Waals surface area contributed by atoms with Crippen LogP contribution in [0.25, 0.3) is 11.3 Å². The molecule has 25 heavy (non-hydrogen) atoms. The van der Waals surface area contributed by atoms with Gasteiger partial charge in [0.05, 0.1) is 6.61 Å². The molecule has 0 spiro atoms. The summed E-state index contributed by atoms with van der Waals surface area (Å²) in [5.41, 5.74) is 2.09. The van der Waals surface area contributed by atoms with Crippen LogP contribution in [0.4, 0.5) is 4.39 Å². The molecule has 7 heteroatoms. The van der Waals surface area contributed by atoms with Crippen molar-refractivity contribution < 1.29 is 13.9 Å². The molecule has 3 aromatic rings. The molecule has 1 aromatic heterocycles. The Morgan fingerprint density at radius 1 is 1.12 bits per heavy atom. The van der Waals surface area contributed by atoms with Gasteiger partial charge in [0.1, 0.15) is 17.3 Å². The zero-order valence-electron chi connectivity index (χ0n) is 13.6. The van der Waals surface area contributed by atoms with E-state index in [-0.39, 0.29) is 17.4 Å². The zero-order chi connectivity index (χ0) is 17.6. The van der Waals surface area contributed by atoms with E-state index in [2.05, 4.69) is 20.7 Å². The third kappa shape index (κ3) is 4.00. The van der Waals surface area contributed by atoms with Crippen LogP contribution < -0.4 is 10.1 Å². The van der Waals surface area contributed by atoms with Gasteiger partial charge < -0.3 is 10.1 Å². The Hall–Kier alpha value is -3.22. The third-order valence-electron chi connectivity index (χ3n) is 3.57. The van der Waals surface area contributed by atoms with Crippen molar-refractivity contribution in [3.63, 3.8) is 0 Å². The van der Waals surface area contributed by atoms with Gasteiger partial charge in [-0.25, -0.2) is 4.39 Å². The van der Waals surface area contributed by atoms with E-state index in [4.69, 9.17) is 4.74 Å². The first-order valence-electron chi connectivity index (χ1n) is 7.84. The average Bonchev–Trinajstić information content (AvgIpc) is 3.11. The summed E-state index contributed by atoms with van der Waals surface area (Å²) < 4.78 is 18.4. The second kappa shape index (κ2) is 7.57. The Morgan fingerprint density at radius 3 is 2.52 bits per heavy atom. The summed E-state index contributed by atoms with van der Waals surface area (Å²) in [6.07, 6.45) is 0. The number of amides is 1. The number of halogens is 1. The Morgan fingerprint density at radius 2 is 1.84 bits per heavy atom. The van der Waals surface area contributed by atoms with Crippen molar-refractivity contribution in [2.45, 2.75) is 13.5 Å². The zero-order valence-corrected chi connectivity index (χ0v) is 13.6. The van der Waals surface area contributed by atoms with Crippen LogP contribution >= 0.6 is 0 Å². The van der Waals surface area contributed by atoms with Crippen molar-refractivity contribution in [1.29, 1.82) is 0 Å². The number of ether oxygens (including phenoxy) is 1. The van der Waals surface area contributed by atoms with Gasteiger partial charge in [-0.1, -0.05) is 12.1 Å². The number of benzene rings is 2. The molecule has 0 radical (unpaired) electrons. The van der Waals surface area contributed by atoms with Crippen molar-refractivity contribution in [1.82, 2.24) is 20.7 Å². The second-order valence-corrected chi connectivity index (χ2v) is 5.29. The molecule has 0 saturated heterocycles. The van der Waals surface area contributed by atoms with E-state index in [0.717, 1.165) is 11.3 Å². The lowest BCUT2D eigenvalue weighted by atomic mass is 10.1. The van der Waals surface area contributed by atoms with Crippen LogP contribution in [0.2, 0.25) is 0 Å². The van der Waals surface area contributed by atoms with E-state index in [1.54, 1.807) is 12.1 Å². The van der Waals surface area contributed by atoms with Crippen LogP contribution in [0.15, 0.2) is 48.5 Å². The first-order chi connectivity index (χ1) is 12.2. The molecule has 0 aliphatic heterocycles. The van der Waals surface area contributed by atoms with E-state index < -0.39 is 0 Å². The van der Waals surface area contributed by atoms with Crippen LogP contribution in [0.1, 0.15) is 23.0 Å². The molecule has 0 atom stereocenters. The summed E-state index contributed by atoms with van der Waals surface area (Å²) in [7, 11) is 0. The fourth-order valence-corrected chi connectivity index (χ4v) is 2.33. The Balaban J connectivity index is 1.68. The maximum atomic E-state index is 13.0. The smallest absolute Gasteiger partial charge is 0.274 e. The van der Waals surface area contributed by atoms with Gasteiger partial charge in [0.15, 0.2) is 5.69 Å². The number of rotatable bonds is 6. The van der Waals surface area contributed by atoms with Gasteiger partial charge in [0.2, 0.25) is 0 Å². The third-order valence-corrected chi connectivity index (χ3v) is 3.57. The highest BCUT2D eigenvalue weighted by atomic mass is 19.1. The maximum absolute atomic E-state index is 13.0. The molecule has 3 rings (SSSR count). The van der Waals surface area contributed by atoms with E-state index in [1.807, 2.05) is 31.2 Å². The van der Waals surface area contributed by atoms with Crippen molar-refractivity contribution >= 4 is 5.91 Å². The highest BCUT2D eigenvalue weighted by Crippen LogP contribution is 2.20. The molecular weight excluding hydrogens is 323 g/mol. The summed E-state index contributed by atoms with van der Waals surface area (Å²) in [4.78, 5) is 12.4. The minimum absolute atomic E-state index is 0.164. The Kier molecular flexibility index (Phi) is 5.03. The number of hydrogen-bond donors (Lipinski definition) is 2. The molecule has 1 amide bonds. The summed E-state index contributed by atoms with van der Waals surface area (Å²) in [5.74, 6) is 0.0726. The van der Waals surface area contributed by atoms with Crippen molar-refractivity contribution in [2.75, 3.05) is 6.61 Å². The molecule has 6 nitrogen and oxygen atoms in total. The molecule has 0 fully saturated rings. The van der Waals surface area contributed by atoms with Crippen molar-refractivity contribution in [3.8, 4) is 17.0 Å². The molecule has 0 saturated carbocycles. The number of carbonyl (C=O) groups is 1. The summed E-state index contributed by atoms with van der Waals surface area (Å²) in [5, 5.41) is 13.1. The van der Waals surface area contributed by atoms with E-state index in [9.17, 15) is 9.18 Å². The lowest BCUT2D eigenvalue weighted by molar-refractivity contribution is 0.0946. The predicted octanol–water partition coefficient (Wildman–Crippen LogP) is 2.94. The summed E-state index contributed by atoms with van der Waals surface area (Å²) >= 11 is 0. The van der Waals surface area contributed by atoms with Crippen molar-refractivity contribution in [2.24, 2.45) is 0 Å². The Labute approximate surface area is 144 Å². The number of nitrogens with zero attached hydrogens (tertiary/aromatic N) is 2. The summed E-state index contributed by atoms with van der Waals surface area (Å²) in [6.45, 7) is 2.88. The van der Waals surface area contributed by atoms with E-state index in [0.29, 0.717) is 24.4 Å². The minimum Gasteiger partial charge on any atom is -0.494 e. The van der Waals surface area contributed by atoms with Crippen LogP contribution in [0.3, 0.4) is 0 Å². The quantitative estimate of drug-likeness (QED) is 0.723. The molecule has 0 bridgehead atoms. The first kappa shape index (κ1) is 16.6. The van der Waals surface area contributed by atoms with Crippen LogP contribution in [-0.4, -0.2) is 27.9 Å². The van der Waals surface area contributed by atoms with Gasteiger partial charge in [0.25, 0.3) is 5.91 Å². The maximum Gasteiger partial charge on any atom is 0.274 e. The molecule has 0 aliphatic carbocycles. The first-order valence-corrected chi connectivity index (χ1v) is 7.84. The second-order valence-electron chi connectivity index (χ2n) is 5.29. The summed E-state index contributed by atoms with van der Waals surface area (Å²) in [6, 6.07) is 13.2. The van der Waals surface area contributed by atoms with Gasteiger partial charge in [0, 0.05) is 12.1 Å². The van der Waals surface area contributed by atoms with Gasteiger partial charge in [-0.2, -0.15) is 15.4 Å². The topological polar surface area (TPSA) is 79.9 Å². The standard InChI is InChI=1S/C18H17FN4O2/c1-2-25-15-9-3-12(4-10-15)11-20-18(24)17-16(21-23-22-17)13-5-7-14(19)8-6-13/h3-10H,2,11H2,1H3,(H,20,24)(H,21,22,23). The number of hydrogen-bond acceptors (Lipinski definition) is 4. The molecule has 2 N–H and O–H groups in total. The van der Waals surface area contributed by atoms with E-state index >= 15 is 0 Å². The van der Waals surface area contributed by atoms with Gasteiger partial charge in [-0.3, -0.25) is 4.79 Å². The molecule has 1 heterocycles. The van der Waals surface area contributed by atoms with E-state index in [1.165, 1.54) is 12.1 Å². The van der Waals surface area contributed by atoms with Crippen molar-refractivity contribution in [3.05, 3.63) is 65.6 Å². The SMILES string of the molecule is CCOc1ccc(CNC(=O)c2n[nH]nc2-c2ccc(F)cc2)cc1. The normalized spacial score (nSPS) is 10.5. The lowest BCUT2D eigenvalue weighted by Crippen LogP contribution is -2.23. The highest BCUT2D eigenvalue weighted by molar-refractivity contribution is 5.97. The number of H-pyrrole nitrogens is 1. The Bertz CT molecular complexity index is 844. The van der Waals surface area contributed by atoms with Gasteiger partial charge in [-0.05, 0) is 48.9 Å². The molecule has 0 unspecified atom stereocenters. The fraction of sp³-hybridized carbons (Fsp3) is 0.167. The number of nitrogens with one attached hydrogen (secondary N) is 2. The predicted molar refractivity (Wildman–Crippen MR) is 90.6 cm³/mol. The molecule has 2 aromatic carbocycles. The molecule has 0 aliphatic rings. The van der Waals surface area contributed by atoms with Crippen LogP contribution in [-0.2, 0) is 6.54 Å².